The zero-order valence-electron chi connectivity index (χ0n) is 10.9. The number of imidazole rings is 1. The first-order valence-corrected chi connectivity index (χ1v) is 6.60. The summed E-state index contributed by atoms with van der Waals surface area (Å²) in [4.78, 5) is 15.3. The fourth-order valence-corrected chi connectivity index (χ4v) is 2.24. The Hall–Kier alpha value is -2.53. The zero-order valence-corrected chi connectivity index (χ0v) is 11.6. The molecule has 2 aromatic heterocycles. The van der Waals surface area contributed by atoms with E-state index in [2.05, 4.69) is 4.98 Å². The summed E-state index contributed by atoms with van der Waals surface area (Å²) >= 11 is 6.02. The second kappa shape index (κ2) is 5.46. The molecule has 0 aliphatic rings. The summed E-state index contributed by atoms with van der Waals surface area (Å²) in [5, 5.41) is 9.66. The monoisotopic (exact) mass is 302 g/mol. The normalized spacial score (nSPS) is 10.7. The van der Waals surface area contributed by atoms with Crippen LogP contribution in [0.5, 0.6) is 5.75 Å². The number of carbonyl (C=O) groups is 1. The summed E-state index contributed by atoms with van der Waals surface area (Å²) in [6.07, 6.45) is 3.35. The average Bonchev–Trinajstić information content (AvgIpc) is 2.89. The van der Waals surface area contributed by atoms with E-state index >= 15 is 0 Å². The van der Waals surface area contributed by atoms with Crippen molar-refractivity contribution in [2.75, 3.05) is 0 Å². The molecular weight excluding hydrogens is 292 g/mol. The van der Waals surface area contributed by atoms with Gasteiger partial charge in [-0.1, -0.05) is 23.7 Å². The van der Waals surface area contributed by atoms with Gasteiger partial charge in [0.2, 0.25) is 0 Å². The maximum absolute atomic E-state index is 11.1. The Kier molecular flexibility index (Phi) is 3.50. The lowest BCUT2D eigenvalue weighted by atomic mass is 10.3. The Labute approximate surface area is 125 Å². The lowest BCUT2D eigenvalue weighted by Gasteiger charge is -2.07. The Balaban J connectivity index is 1.90. The van der Waals surface area contributed by atoms with Crippen molar-refractivity contribution in [1.82, 2.24) is 9.38 Å². The number of para-hydroxylation sites is 1. The van der Waals surface area contributed by atoms with E-state index in [0.717, 1.165) is 5.69 Å². The fraction of sp³-hybridized carbons (Fsp3) is 0.0667. The highest BCUT2D eigenvalue weighted by Gasteiger charge is 2.12. The molecule has 0 radical (unpaired) electrons. The molecule has 3 aromatic rings. The van der Waals surface area contributed by atoms with Crippen molar-refractivity contribution in [3.8, 4) is 5.75 Å². The summed E-state index contributed by atoms with van der Waals surface area (Å²) < 4.78 is 7.34. The molecule has 0 bridgehead atoms. The quantitative estimate of drug-likeness (QED) is 0.803. The van der Waals surface area contributed by atoms with Crippen LogP contribution in [0.25, 0.3) is 5.65 Å². The van der Waals surface area contributed by atoms with Crippen LogP contribution in [0.1, 0.15) is 16.1 Å². The third kappa shape index (κ3) is 2.55. The first-order valence-electron chi connectivity index (χ1n) is 6.22. The number of carboxylic acid groups (broad SMARTS) is 1. The first kappa shape index (κ1) is 13.5. The number of carboxylic acids is 1. The van der Waals surface area contributed by atoms with Crippen LogP contribution >= 0.6 is 11.6 Å². The minimum absolute atomic E-state index is 0.154. The molecule has 0 atom stereocenters. The number of hydrogen-bond acceptors (Lipinski definition) is 3. The number of aromatic carboxylic acids is 1. The van der Waals surface area contributed by atoms with Crippen molar-refractivity contribution in [3.63, 3.8) is 0 Å². The van der Waals surface area contributed by atoms with Gasteiger partial charge in [-0.3, -0.25) is 4.40 Å². The van der Waals surface area contributed by atoms with E-state index in [0.29, 0.717) is 16.4 Å². The lowest BCUT2D eigenvalue weighted by Crippen LogP contribution is -2.03. The molecule has 1 N–H and O–H groups in total. The van der Waals surface area contributed by atoms with Crippen molar-refractivity contribution >= 4 is 23.2 Å². The molecule has 1 aromatic carbocycles. The SMILES string of the molecule is O=C(O)c1cccn2c(COc3ccccc3Cl)cnc12. The maximum Gasteiger partial charge on any atom is 0.339 e. The minimum atomic E-state index is -1.01. The molecule has 21 heavy (non-hydrogen) atoms. The van der Waals surface area contributed by atoms with Gasteiger partial charge in [0, 0.05) is 6.20 Å². The second-order valence-electron chi connectivity index (χ2n) is 4.39. The number of fused-ring (bicyclic) bond motifs is 1. The lowest BCUT2D eigenvalue weighted by molar-refractivity contribution is 0.0698. The molecule has 5 nitrogen and oxygen atoms in total. The minimum Gasteiger partial charge on any atom is -0.486 e. The van der Waals surface area contributed by atoms with Gasteiger partial charge >= 0.3 is 5.97 Å². The number of halogens is 1. The van der Waals surface area contributed by atoms with Gasteiger partial charge in [0.25, 0.3) is 0 Å². The van der Waals surface area contributed by atoms with Crippen molar-refractivity contribution in [2.24, 2.45) is 0 Å². The Morgan fingerprint density at radius 3 is 2.86 bits per heavy atom. The van der Waals surface area contributed by atoms with Gasteiger partial charge in [0.15, 0.2) is 5.65 Å². The van der Waals surface area contributed by atoms with Crippen molar-refractivity contribution in [2.45, 2.75) is 6.61 Å². The highest BCUT2D eigenvalue weighted by Crippen LogP contribution is 2.24. The molecule has 0 aliphatic carbocycles. The number of hydrogen-bond donors (Lipinski definition) is 1. The van der Waals surface area contributed by atoms with Crippen LogP contribution in [-0.2, 0) is 6.61 Å². The first-order chi connectivity index (χ1) is 10.2. The standard InChI is InChI=1S/C15H11ClN2O3/c16-12-5-1-2-6-13(12)21-9-10-8-17-14-11(15(19)20)4-3-7-18(10)14/h1-8H,9H2,(H,19,20). The Morgan fingerprint density at radius 1 is 1.29 bits per heavy atom. The van der Waals surface area contributed by atoms with Gasteiger partial charge in [0.1, 0.15) is 17.9 Å². The third-order valence-electron chi connectivity index (χ3n) is 3.06. The summed E-state index contributed by atoms with van der Waals surface area (Å²) in [6, 6.07) is 10.4. The zero-order chi connectivity index (χ0) is 14.8. The van der Waals surface area contributed by atoms with Gasteiger partial charge in [0.05, 0.1) is 16.9 Å². The molecule has 0 spiro atoms. The topological polar surface area (TPSA) is 63.8 Å². The molecule has 0 saturated heterocycles. The molecule has 106 valence electrons. The van der Waals surface area contributed by atoms with E-state index in [1.807, 2.05) is 12.1 Å². The second-order valence-corrected chi connectivity index (χ2v) is 4.80. The largest absolute Gasteiger partial charge is 0.486 e. The maximum atomic E-state index is 11.1. The van der Waals surface area contributed by atoms with Crippen molar-refractivity contribution < 1.29 is 14.6 Å². The molecule has 0 fully saturated rings. The fourth-order valence-electron chi connectivity index (χ4n) is 2.05. The Bertz CT molecular complexity index is 814. The summed E-state index contributed by atoms with van der Waals surface area (Å²) in [5.41, 5.74) is 1.29. The average molecular weight is 303 g/mol. The van der Waals surface area contributed by atoms with E-state index in [1.54, 1.807) is 35.0 Å². The van der Waals surface area contributed by atoms with Crippen molar-refractivity contribution in [1.29, 1.82) is 0 Å². The molecule has 0 saturated carbocycles. The third-order valence-corrected chi connectivity index (χ3v) is 3.37. The van der Waals surface area contributed by atoms with Gasteiger partial charge in [-0.2, -0.15) is 0 Å². The number of pyridine rings is 1. The highest BCUT2D eigenvalue weighted by molar-refractivity contribution is 6.32. The van der Waals surface area contributed by atoms with Gasteiger partial charge in [-0.25, -0.2) is 9.78 Å². The van der Waals surface area contributed by atoms with Crippen LogP contribution in [0.4, 0.5) is 0 Å². The van der Waals surface area contributed by atoms with E-state index in [-0.39, 0.29) is 12.2 Å². The molecule has 0 aliphatic heterocycles. The summed E-state index contributed by atoms with van der Waals surface area (Å²) in [5.74, 6) is -0.437. The Morgan fingerprint density at radius 2 is 2.10 bits per heavy atom. The molecular formula is C15H11ClN2O3. The van der Waals surface area contributed by atoms with Crippen LogP contribution in [0.2, 0.25) is 5.02 Å². The molecule has 0 amide bonds. The predicted molar refractivity (Wildman–Crippen MR) is 77.9 cm³/mol. The molecule has 3 rings (SSSR count). The highest BCUT2D eigenvalue weighted by atomic mass is 35.5. The van der Waals surface area contributed by atoms with Crippen LogP contribution in [0, 0.1) is 0 Å². The smallest absolute Gasteiger partial charge is 0.339 e. The molecule has 0 unspecified atom stereocenters. The summed E-state index contributed by atoms with van der Waals surface area (Å²) in [7, 11) is 0. The molecule has 6 heteroatoms. The van der Waals surface area contributed by atoms with E-state index in [1.165, 1.54) is 6.07 Å². The number of aromatic nitrogens is 2. The molecule has 2 heterocycles. The van der Waals surface area contributed by atoms with Crippen LogP contribution in [0.3, 0.4) is 0 Å². The number of ether oxygens (including phenoxy) is 1. The van der Waals surface area contributed by atoms with E-state index in [4.69, 9.17) is 21.4 Å². The number of nitrogens with zero attached hydrogens (tertiary/aromatic N) is 2. The van der Waals surface area contributed by atoms with Crippen LogP contribution < -0.4 is 4.74 Å². The number of rotatable bonds is 4. The summed E-state index contributed by atoms with van der Waals surface area (Å²) in [6.45, 7) is 0.244. The van der Waals surface area contributed by atoms with Gasteiger partial charge in [-0.05, 0) is 24.3 Å². The van der Waals surface area contributed by atoms with Crippen molar-refractivity contribution in [3.05, 3.63) is 65.1 Å². The van der Waals surface area contributed by atoms with Gasteiger partial charge in [-0.15, -0.1) is 0 Å². The van der Waals surface area contributed by atoms with Gasteiger partial charge < -0.3 is 9.84 Å². The van der Waals surface area contributed by atoms with Crippen LogP contribution in [-0.4, -0.2) is 20.5 Å². The van der Waals surface area contributed by atoms with E-state index < -0.39 is 5.97 Å². The van der Waals surface area contributed by atoms with E-state index in [9.17, 15) is 4.79 Å². The van der Waals surface area contributed by atoms with Crippen LogP contribution in [0.15, 0.2) is 48.8 Å². The number of benzene rings is 1. The predicted octanol–water partition coefficient (Wildman–Crippen LogP) is 3.26.